The van der Waals surface area contributed by atoms with Crippen LogP contribution in [0.15, 0.2) is 66.4 Å². The number of hydrogen-bond acceptors (Lipinski definition) is 17. The number of likely N-dealkylation sites (tertiary alicyclic amines) is 1. The molecule has 0 unspecified atom stereocenters. The zero-order chi connectivity index (χ0) is 56.7. The summed E-state index contributed by atoms with van der Waals surface area (Å²) in [6.45, 7) is 11.6. The molecule has 7 atom stereocenters. The van der Waals surface area contributed by atoms with E-state index >= 15 is 4.39 Å². The van der Waals surface area contributed by atoms with Gasteiger partial charge in [0.05, 0.1) is 82.9 Å². The smallest absolute Gasteiger partial charge is 0.319 e. The van der Waals surface area contributed by atoms with Crippen molar-refractivity contribution < 1.29 is 42.8 Å². The fourth-order valence-electron chi connectivity index (χ4n) is 12.6. The average molecular weight is 1150 g/mol. The van der Waals surface area contributed by atoms with Gasteiger partial charge in [0, 0.05) is 72.1 Å². The molecule has 0 radical (unpaired) electrons. The third-order valence-electron chi connectivity index (χ3n) is 16.8. The Balaban J connectivity index is 0.785. The van der Waals surface area contributed by atoms with Gasteiger partial charge in [0.25, 0.3) is 0 Å². The number of aliphatic hydroxyl groups excluding tert-OH is 1. The van der Waals surface area contributed by atoms with Crippen LogP contribution in [-0.4, -0.2) is 138 Å². The minimum atomic E-state index is -0.928. The number of aromatic nitrogens is 8. The van der Waals surface area contributed by atoms with Crippen LogP contribution in [0.4, 0.5) is 10.2 Å². The topological polar surface area (TPSA) is 229 Å². The molecule has 2 bridgehead atoms. The summed E-state index contributed by atoms with van der Waals surface area (Å²) < 4.78 is 49.4. The first-order chi connectivity index (χ1) is 39.7. The van der Waals surface area contributed by atoms with Gasteiger partial charge in [0.15, 0.2) is 11.5 Å². The molecule has 4 aromatic carbocycles. The molecule has 0 aliphatic carbocycles. The van der Waals surface area contributed by atoms with E-state index in [4.69, 9.17) is 45.3 Å². The van der Waals surface area contributed by atoms with Gasteiger partial charge in [-0.25, -0.2) is 14.1 Å². The Kier molecular flexibility index (Phi) is 14.2. The molecule has 2 amide bonds. The standard InChI is InChI=1S/C59H62ClFN12O8S/c1-28(2)52(58(76)71-23-36(74)19-44(71)57(75)65-30(4)38-12-11-34(17-46(38)77-6)55-31(5)63-27-82-55)72-24-43(69-70-72)33-9-7-32(8-10-33)25-79-54-48(47-29(3)40(61)20-41-39(47)22-64-68-41)50(60)53-49-51(54)66-59(81-37-13-15-78-16-14-37)67-56(49)73-35-18-42(62-21-35)45(73)26-80-53/h7-12,17,20,22,24,27-28,30,35-37,42,44-45,52,62,74H,13-16,18-19,21,23,25-26H2,1-6H3,(H,64,68)(H,65,75)/t30-,35-,36+,42-,44-,45+,52-/m0/s1. The molecular formula is C59H62ClFN12O8S. The number of ether oxygens (including phenoxy) is 5. The number of β-amino-alcohol motifs (C(OH)–C–C–N with tert-alkyl or cyclic N) is 1. The lowest BCUT2D eigenvalue weighted by molar-refractivity contribution is -0.142. The predicted molar refractivity (Wildman–Crippen MR) is 306 cm³/mol. The van der Waals surface area contributed by atoms with E-state index in [1.807, 2.05) is 70.2 Å². The molecule has 5 aliphatic rings. The highest BCUT2D eigenvalue weighted by atomic mass is 35.5. The van der Waals surface area contributed by atoms with Crippen LogP contribution < -0.4 is 34.5 Å². The molecule has 20 nitrogen and oxygen atoms in total. The lowest BCUT2D eigenvalue weighted by Crippen LogP contribution is -2.53. The van der Waals surface area contributed by atoms with Crippen molar-refractivity contribution in [1.29, 1.82) is 0 Å². The first kappa shape index (κ1) is 53.8. The number of halogens is 2. The van der Waals surface area contributed by atoms with E-state index in [-0.39, 0.29) is 72.6 Å². The number of carbonyl (C=O) groups excluding carboxylic acids is 2. The molecule has 4 N–H and O–H groups in total. The third kappa shape index (κ3) is 9.50. The monoisotopic (exact) mass is 1150 g/mol. The van der Waals surface area contributed by atoms with Crippen molar-refractivity contribution >= 4 is 62.4 Å². The summed E-state index contributed by atoms with van der Waals surface area (Å²) >= 11 is 9.18. The van der Waals surface area contributed by atoms with Crippen molar-refractivity contribution in [1.82, 2.24) is 55.7 Å². The van der Waals surface area contributed by atoms with Crippen molar-refractivity contribution in [3.63, 3.8) is 0 Å². The fourth-order valence-corrected chi connectivity index (χ4v) is 13.8. The zero-order valence-electron chi connectivity index (χ0n) is 46.1. The molecule has 4 fully saturated rings. The Morgan fingerprint density at radius 1 is 1.04 bits per heavy atom. The lowest BCUT2D eigenvalue weighted by atomic mass is 9.93. The van der Waals surface area contributed by atoms with Gasteiger partial charge in [0.2, 0.25) is 11.8 Å². The quantitative estimate of drug-likeness (QED) is 0.0755. The molecule has 0 spiro atoms. The number of benzene rings is 4. The van der Waals surface area contributed by atoms with Crippen LogP contribution >= 0.6 is 22.9 Å². The summed E-state index contributed by atoms with van der Waals surface area (Å²) in [6.07, 6.45) is 4.67. The number of rotatable bonds is 15. The minimum Gasteiger partial charge on any atom is -0.496 e. The Morgan fingerprint density at radius 3 is 2.61 bits per heavy atom. The van der Waals surface area contributed by atoms with Gasteiger partial charge in [0.1, 0.15) is 60.0 Å². The largest absolute Gasteiger partial charge is 0.496 e. The van der Waals surface area contributed by atoms with Gasteiger partial charge in [-0.05, 0) is 61.9 Å². The Morgan fingerprint density at radius 2 is 1.84 bits per heavy atom. The van der Waals surface area contributed by atoms with E-state index in [1.54, 1.807) is 43.3 Å². The second-order valence-electron chi connectivity index (χ2n) is 22.3. The van der Waals surface area contributed by atoms with E-state index in [0.717, 1.165) is 45.8 Å². The van der Waals surface area contributed by atoms with Gasteiger partial charge in [-0.2, -0.15) is 15.1 Å². The number of thiazole rings is 1. The first-order valence-electron chi connectivity index (χ1n) is 27.8. The number of nitrogens with one attached hydrogen (secondary N) is 3. The molecular weight excluding hydrogens is 1090 g/mol. The number of amides is 2. The van der Waals surface area contributed by atoms with Gasteiger partial charge < -0.3 is 49.2 Å². The summed E-state index contributed by atoms with van der Waals surface area (Å²) in [7, 11) is 1.59. The van der Waals surface area contributed by atoms with Crippen LogP contribution in [0.1, 0.15) is 80.9 Å². The number of piperazine rings is 1. The van der Waals surface area contributed by atoms with E-state index < -0.39 is 30.0 Å². The number of hydrogen-bond donors (Lipinski definition) is 4. The fraction of sp³-hybridized carbons (Fsp3) is 0.424. The summed E-state index contributed by atoms with van der Waals surface area (Å²) in [6, 6.07) is 13.1. The molecule has 5 aliphatic heterocycles. The molecule has 82 heavy (non-hydrogen) atoms. The molecule has 4 aromatic heterocycles. The van der Waals surface area contributed by atoms with Crippen LogP contribution in [0.3, 0.4) is 0 Å². The highest BCUT2D eigenvalue weighted by Crippen LogP contribution is 2.55. The van der Waals surface area contributed by atoms with Crippen LogP contribution in [0.2, 0.25) is 5.02 Å². The highest BCUT2D eigenvalue weighted by Gasteiger charge is 2.50. The third-order valence-corrected chi connectivity index (χ3v) is 18.2. The maximum absolute atomic E-state index is 16.1. The van der Waals surface area contributed by atoms with E-state index in [1.165, 1.54) is 15.6 Å². The van der Waals surface area contributed by atoms with Gasteiger partial charge in [-0.3, -0.25) is 14.7 Å². The number of fused-ring (bicyclic) bond motifs is 7. The number of aryl methyl sites for hydroxylation is 1. The summed E-state index contributed by atoms with van der Waals surface area (Å²) in [5, 5.41) is 35.4. The Hall–Kier alpha value is -7.50. The Labute approximate surface area is 480 Å². The number of aliphatic hydroxyl groups is 1. The van der Waals surface area contributed by atoms with Crippen LogP contribution in [0.5, 0.6) is 23.3 Å². The number of anilines is 1. The molecule has 8 aromatic rings. The molecule has 0 saturated carbocycles. The van der Waals surface area contributed by atoms with Crippen molar-refractivity contribution in [2.45, 2.75) is 115 Å². The van der Waals surface area contributed by atoms with E-state index in [2.05, 4.69) is 41.0 Å². The molecule has 9 heterocycles. The lowest BCUT2D eigenvalue weighted by Gasteiger charge is -2.35. The molecule has 4 saturated heterocycles. The summed E-state index contributed by atoms with van der Waals surface area (Å²) in [5.41, 5.74) is 8.58. The van der Waals surface area contributed by atoms with E-state index in [9.17, 15) is 14.7 Å². The number of aromatic amines is 1. The van der Waals surface area contributed by atoms with Crippen molar-refractivity contribution in [3.8, 4) is 56.1 Å². The SMILES string of the molecule is COc1cc(-c2scnc2C)ccc1[C@H](C)NC(=O)[C@@H]1C[C@@H](O)CN1C(=O)[C@H](C(C)C)n1cc(-c2ccc(COc3c(-c4c(C)c(F)cc5[nH]ncc45)c(Cl)c4c5c(nc(OC6CCOCC6)nc35)N3[C@@H]5CN[C@@H](C5)[C@H]3CO4)cc2)nn1. The van der Waals surface area contributed by atoms with Gasteiger partial charge in [-0.15, -0.1) is 16.4 Å². The van der Waals surface area contributed by atoms with Crippen LogP contribution in [0, 0.1) is 25.6 Å². The van der Waals surface area contributed by atoms with Crippen LogP contribution in [0.25, 0.3) is 54.6 Å². The molecule has 23 heteroatoms. The number of H-pyrrole nitrogens is 1. The van der Waals surface area contributed by atoms with Gasteiger partial charge in [-0.1, -0.05) is 67.1 Å². The maximum atomic E-state index is 16.1. The average Bonchev–Trinajstić information content (AvgIpc) is 3.57. The summed E-state index contributed by atoms with van der Waals surface area (Å²) in [4.78, 5) is 48.3. The first-order valence-corrected chi connectivity index (χ1v) is 29.1. The highest BCUT2D eigenvalue weighted by molar-refractivity contribution is 7.13. The minimum absolute atomic E-state index is 0.0143. The normalized spacial score (nSPS) is 21.2. The second kappa shape index (κ2) is 21.7. The molecule has 13 rings (SSSR count). The van der Waals surface area contributed by atoms with Crippen molar-refractivity contribution in [3.05, 3.63) is 99.7 Å². The predicted octanol–water partition coefficient (Wildman–Crippen LogP) is 8.46. The van der Waals surface area contributed by atoms with E-state index in [0.29, 0.717) is 99.9 Å². The van der Waals surface area contributed by atoms with Crippen molar-refractivity contribution in [2.75, 3.05) is 44.9 Å². The zero-order valence-corrected chi connectivity index (χ0v) is 47.7. The Bertz CT molecular complexity index is 3780. The maximum Gasteiger partial charge on any atom is 0.319 e. The van der Waals surface area contributed by atoms with Crippen molar-refractivity contribution in [2.24, 2.45) is 5.92 Å². The number of methoxy groups -OCH3 is 1. The van der Waals surface area contributed by atoms with Gasteiger partial charge >= 0.3 is 6.01 Å². The number of carbonyl (C=O) groups is 2. The number of nitrogens with zero attached hydrogens (tertiary/aromatic N) is 9. The van der Waals surface area contributed by atoms with Crippen LogP contribution in [-0.2, 0) is 20.9 Å². The summed E-state index contributed by atoms with van der Waals surface area (Å²) in [5.74, 6) is 0.474. The second-order valence-corrected chi connectivity index (χ2v) is 23.6. The molecule has 426 valence electrons.